The van der Waals surface area contributed by atoms with Gasteiger partial charge in [-0.25, -0.2) is 9.97 Å². The van der Waals surface area contributed by atoms with Crippen LogP contribution in [0.5, 0.6) is 0 Å². The van der Waals surface area contributed by atoms with Crippen LogP contribution < -0.4 is 4.90 Å². The molecule has 1 N–H and O–H groups in total. The van der Waals surface area contributed by atoms with Crippen LogP contribution in [0.2, 0.25) is 0 Å². The Hall–Kier alpha value is -2.50. The number of hydrogen-bond donors (Lipinski definition) is 1. The lowest BCUT2D eigenvalue weighted by Crippen LogP contribution is -2.10. The largest absolute Gasteiger partial charge is 0.363 e. The molecule has 0 atom stereocenters. The second kappa shape index (κ2) is 5.12. The van der Waals surface area contributed by atoms with Gasteiger partial charge in [-0.15, -0.1) is 0 Å². The van der Waals surface area contributed by atoms with Gasteiger partial charge in [-0.05, 0) is 31.5 Å². The summed E-state index contributed by atoms with van der Waals surface area (Å²) in [6, 6.07) is 5.98. The first-order valence-corrected chi connectivity index (χ1v) is 6.96. The second-order valence-corrected chi connectivity index (χ2v) is 5.22. The quantitative estimate of drug-likeness (QED) is 0.798. The summed E-state index contributed by atoms with van der Waals surface area (Å²) in [4.78, 5) is 14.4. The molecule has 0 fully saturated rings. The third-order valence-electron chi connectivity index (χ3n) is 3.37. The van der Waals surface area contributed by atoms with Crippen LogP contribution in [0, 0.1) is 6.92 Å². The fourth-order valence-electron chi connectivity index (χ4n) is 2.24. The number of anilines is 1. The van der Waals surface area contributed by atoms with Gasteiger partial charge < -0.3 is 9.88 Å². The van der Waals surface area contributed by atoms with Crippen LogP contribution in [0.3, 0.4) is 0 Å². The van der Waals surface area contributed by atoms with Gasteiger partial charge in [0.25, 0.3) is 0 Å². The van der Waals surface area contributed by atoms with Crippen molar-refractivity contribution in [3.63, 3.8) is 0 Å². The zero-order valence-corrected chi connectivity index (χ0v) is 12.7. The zero-order valence-electron chi connectivity index (χ0n) is 12.7. The summed E-state index contributed by atoms with van der Waals surface area (Å²) in [7, 11) is 3.93. The summed E-state index contributed by atoms with van der Waals surface area (Å²) in [5.74, 6) is 1.68. The Morgan fingerprint density at radius 1 is 1.14 bits per heavy atom. The van der Waals surface area contributed by atoms with E-state index in [9.17, 15) is 0 Å². The summed E-state index contributed by atoms with van der Waals surface area (Å²) in [5.41, 5.74) is 4.45. The highest BCUT2D eigenvalue weighted by Gasteiger charge is 2.12. The summed E-state index contributed by atoms with van der Waals surface area (Å²) in [6.45, 7) is 3.99. The molecule has 0 aliphatic heterocycles. The van der Waals surface area contributed by atoms with Gasteiger partial charge >= 0.3 is 0 Å². The second-order valence-electron chi connectivity index (χ2n) is 5.22. The average molecular weight is 282 g/mol. The highest BCUT2D eigenvalue weighted by molar-refractivity contribution is 5.78. The number of nitrogens with one attached hydrogen (secondary N) is 1. The molecule has 108 valence electrons. The molecule has 6 heteroatoms. The SMILES string of the molecule is CCc1nnc(C)cc1-c1nc2nc(N(C)C)ccc2[nH]1. The first kappa shape index (κ1) is 13.5. The van der Waals surface area contributed by atoms with E-state index in [2.05, 4.69) is 32.1 Å². The molecule has 3 rings (SSSR count). The van der Waals surface area contributed by atoms with E-state index in [0.717, 1.165) is 40.5 Å². The topological polar surface area (TPSA) is 70.6 Å². The standard InChI is InChI=1S/C15H18N6/c1-5-11-10(8-9(2)19-20-11)14-16-12-6-7-13(21(3)4)17-15(12)18-14/h6-8H,5H2,1-4H3,(H,16,17,18). The monoisotopic (exact) mass is 282 g/mol. The van der Waals surface area contributed by atoms with Crippen molar-refractivity contribution in [1.82, 2.24) is 25.1 Å². The fourth-order valence-corrected chi connectivity index (χ4v) is 2.24. The molecule has 3 heterocycles. The molecule has 0 aliphatic carbocycles. The van der Waals surface area contributed by atoms with Crippen molar-refractivity contribution in [2.24, 2.45) is 0 Å². The molecule has 0 radical (unpaired) electrons. The van der Waals surface area contributed by atoms with Crippen molar-refractivity contribution in [2.45, 2.75) is 20.3 Å². The van der Waals surface area contributed by atoms with Gasteiger partial charge in [0.1, 0.15) is 11.6 Å². The molecular formula is C15H18N6. The molecule has 0 spiro atoms. The Morgan fingerprint density at radius 2 is 1.95 bits per heavy atom. The van der Waals surface area contributed by atoms with Crippen molar-refractivity contribution in [1.29, 1.82) is 0 Å². The van der Waals surface area contributed by atoms with Gasteiger partial charge in [0.15, 0.2) is 5.65 Å². The Kier molecular flexibility index (Phi) is 3.29. The third-order valence-corrected chi connectivity index (χ3v) is 3.37. The number of fused-ring (bicyclic) bond motifs is 1. The first-order chi connectivity index (χ1) is 10.1. The number of aryl methyl sites for hydroxylation is 2. The minimum atomic E-state index is 0.715. The van der Waals surface area contributed by atoms with E-state index in [-0.39, 0.29) is 0 Å². The molecular weight excluding hydrogens is 264 g/mol. The van der Waals surface area contributed by atoms with Crippen LogP contribution in [0.4, 0.5) is 5.82 Å². The van der Waals surface area contributed by atoms with E-state index in [1.807, 2.05) is 44.1 Å². The molecule has 0 aliphatic rings. The first-order valence-electron chi connectivity index (χ1n) is 6.96. The van der Waals surface area contributed by atoms with E-state index < -0.39 is 0 Å². The maximum absolute atomic E-state index is 4.61. The van der Waals surface area contributed by atoms with Gasteiger partial charge in [0.2, 0.25) is 0 Å². The van der Waals surface area contributed by atoms with Crippen LogP contribution >= 0.6 is 0 Å². The highest BCUT2D eigenvalue weighted by Crippen LogP contribution is 2.24. The van der Waals surface area contributed by atoms with Crippen molar-refractivity contribution in [3.8, 4) is 11.4 Å². The van der Waals surface area contributed by atoms with E-state index in [1.165, 1.54) is 0 Å². The van der Waals surface area contributed by atoms with Crippen molar-refractivity contribution in [3.05, 3.63) is 29.6 Å². The molecule has 0 saturated heterocycles. The maximum atomic E-state index is 4.61. The number of aromatic nitrogens is 5. The van der Waals surface area contributed by atoms with Crippen molar-refractivity contribution in [2.75, 3.05) is 19.0 Å². The van der Waals surface area contributed by atoms with Crippen molar-refractivity contribution >= 4 is 17.0 Å². The van der Waals surface area contributed by atoms with Gasteiger partial charge in [0, 0.05) is 19.7 Å². The lowest BCUT2D eigenvalue weighted by atomic mass is 10.1. The van der Waals surface area contributed by atoms with Crippen LogP contribution in [0.25, 0.3) is 22.6 Å². The Morgan fingerprint density at radius 3 is 2.67 bits per heavy atom. The smallest absolute Gasteiger partial charge is 0.180 e. The van der Waals surface area contributed by atoms with Crippen molar-refractivity contribution < 1.29 is 0 Å². The molecule has 0 unspecified atom stereocenters. The Bertz CT molecular complexity index is 790. The van der Waals surface area contributed by atoms with Gasteiger partial charge in [0.05, 0.1) is 16.9 Å². The molecule has 3 aromatic heterocycles. The van der Waals surface area contributed by atoms with Gasteiger partial charge in [-0.3, -0.25) is 0 Å². The number of aromatic amines is 1. The summed E-state index contributed by atoms with van der Waals surface area (Å²) in [5, 5.41) is 8.36. The van der Waals surface area contributed by atoms with E-state index in [1.54, 1.807) is 0 Å². The predicted molar refractivity (Wildman–Crippen MR) is 83.4 cm³/mol. The summed E-state index contributed by atoms with van der Waals surface area (Å²) >= 11 is 0. The van der Waals surface area contributed by atoms with E-state index in [0.29, 0.717) is 5.65 Å². The van der Waals surface area contributed by atoms with Crippen LogP contribution in [0.15, 0.2) is 18.2 Å². The Balaban J connectivity index is 2.15. The maximum Gasteiger partial charge on any atom is 0.180 e. The molecule has 0 saturated carbocycles. The zero-order chi connectivity index (χ0) is 15.0. The predicted octanol–water partition coefficient (Wildman–Crippen LogP) is 2.35. The molecule has 3 aromatic rings. The fraction of sp³-hybridized carbons (Fsp3) is 0.333. The number of rotatable bonds is 3. The summed E-state index contributed by atoms with van der Waals surface area (Å²) in [6.07, 6.45) is 0.816. The number of imidazole rings is 1. The molecule has 0 bridgehead atoms. The van der Waals surface area contributed by atoms with E-state index in [4.69, 9.17) is 0 Å². The molecule has 6 nitrogen and oxygen atoms in total. The van der Waals surface area contributed by atoms with E-state index >= 15 is 0 Å². The van der Waals surface area contributed by atoms with Crippen LogP contribution in [-0.2, 0) is 6.42 Å². The molecule has 21 heavy (non-hydrogen) atoms. The number of nitrogens with zero attached hydrogens (tertiary/aromatic N) is 5. The summed E-state index contributed by atoms with van der Waals surface area (Å²) < 4.78 is 0. The number of pyridine rings is 1. The van der Waals surface area contributed by atoms with Gasteiger partial charge in [-0.1, -0.05) is 6.92 Å². The van der Waals surface area contributed by atoms with Crippen LogP contribution in [0.1, 0.15) is 18.3 Å². The minimum absolute atomic E-state index is 0.715. The minimum Gasteiger partial charge on any atom is -0.363 e. The number of hydrogen-bond acceptors (Lipinski definition) is 5. The molecule has 0 aromatic carbocycles. The lowest BCUT2D eigenvalue weighted by molar-refractivity contribution is 0.893. The van der Waals surface area contributed by atoms with Gasteiger partial charge in [-0.2, -0.15) is 10.2 Å². The normalized spacial score (nSPS) is 11.0. The number of H-pyrrole nitrogens is 1. The average Bonchev–Trinajstić information content (AvgIpc) is 2.89. The van der Waals surface area contributed by atoms with Crippen LogP contribution in [-0.4, -0.2) is 39.2 Å². The lowest BCUT2D eigenvalue weighted by Gasteiger charge is -2.09. The Labute approximate surface area is 123 Å². The highest BCUT2D eigenvalue weighted by atomic mass is 15.2. The third kappa shape index (κ3) is 2.44. The molecule has 0 amide bonds.